The fourth-order valence-corrected chi connectivity index (χ4v) is 12.7. The molecule has 0 radical (unpaired) electrons. The van der Waals surface area contributed by atoms with Crippen molar-refractivity contribution in [2.24, 2.45) is 0 Å². The first kappa shape index (κ1) is 16.4. The van der Waals surface area contributed by atoms with Gasteiger partial charge in [-0.25, -0.2) is 0 Å². The Kier molecular flexibility index (Phi) is 6.58. The molecule has 2 nitrogen and oxygen atoms in total. The van der Waals surface area contributed by atoms with E-state index < -0.39 is 15.7 Å². The molecule has 0 aromatic heterocycles. The van der Waals surface area contributed by atoms with Crippen molar-refractivity contribution in [3.05, 3.63) is 0 Å². The molecule has 1 fully saturated rings. The lowest BCUT2D eigenvalue weighted by Crippen LogP contribution is -2.62. The minimum atomic E-state index is -2.40. The summed E-state index contributed by atoms with van der Waals surface area (Å²) in [7, 11) is -4.77. The molecule has 108 valence electrons. The minimum absolute atomic E-state index is 0.471. The van der Waals surface area contributed by atoms with E-state index in [1.54, 1.807) is 0 Å². The van der Waals surface area contributed by atoms with Crippen LogP contribution in [-0.2, 0) is 0 Å². The van der Waals surface area contributed by atoms with Gasteiger partial charge in [0, 0.05) is 0 Å². The summed E-state index contributed by atoms with van der Waals surface area (Å²) in [5.74, 6) is 0. The Morgan fingerprint density at radius 1 is 0.944 bits per heavy atom. The van der Waals surface area contributed by atoms with Crippen LogP contribution < -0.4 is 0 Å². The lowest BCUT2D eigenvalue weighted by atomic mass is 10.0. The molecule has 1 aliphatic rings. The minimum Gasteiger partial charge on any atom is -0.432 e. The molecule has 4 heteroatoms. The van der Waals surface area contributed by atoms with E-state index in [9.17, 15) is 9.59 Å². The lowest BCUT2D eigenvalue weighted by Gasteiger charge is -2.41. The van der Waals surface area contributed by atoms with Gasteiger partial charge < -0.3 is 9.59 Å². The highest BCUT2D eigenvalue weighted by molar-refractivity contribution is 7.35. The van der Waals surface area contributed by atoms with Crippen molar-refractivity contribution in [2.45, 2.75) is 89.4 Å². The van der Waals surface area contributed by atoms with Gasteiger partial charge in [0.15, 0.2) is 0 Å². The van der Waals surface area contributed by atoms with Gasteiger partial charge in [-0.2, -0.15) is 0 Å². The number of hydrogen-bond donors (Lipinski definition) is 2. The van der Waals surface area contributed by atoms with Crippen molar-refractivity contribution in [2.75, 3.05) is 0 Å². The zero-order valence-electron chi connectivity index (χ0n) is 12.5. The summed E-state index contributed by atoms with van der Waals surface area (Å²) in [6.45, 7) is 6.29. The Morgan fingerprint density at radius 2 is 1.56 bits per heavy atom. The second-order valence-corrected chi connectivity index (χ2v) is 19.0. The molecule has 0 aliphatic heterocycles. The van der Waals surface area contributed by atoms with E-state index in [2.05, 4.69) is 13.5 Å². The first-order valence-electron chi connectivity index (χ1n) is 7.86. The highest BCUT2D eigenvalue weighted by atomic mass is 29.3. The highest BCUT2D eigenvalue weighted by Gasteiger charge is 2.52. The summed E-state index contributed by atoms with van der Waals surface area (Å²) in [6.07, 6.45) is 11.0. The molecule has 0 aromatic rings. The fourth-order valence-electron chi connectivity index (χ4n) is 3.25. The van der Waals surface area contributed by atoms with Gasteiger partial charge in [0.2, 0.25) is 15.7 Å². The van der Waals surface area contributed by atoms with Gasteiger partial charge in [-0.3, -0.25) is 0 Å². The lowest BCUT2D eigenvalue weighted by molar-refractivity contribution is 0.428. The summed E-state index contributed by atoms with van der Waals surface area (Å²) in [5.41, 5.74) is 0.471. The van der Waals surface area contributed by atoms with E-state index in [0.29, 0.717) is 5.54 Å². The molecule has 0 spiro atoms. The zero-order valence-corrected chi connectivity index (χ0v) is 14.5. The Bertz CT molecular complexity index is 236. The van der Waals surface area contributed by atoms with Crippen LogP contribution in [0.3, 0.4) is 0 Å². The van der Waals surface area contributed by atoms with Gasteiger partial charge in [0.1, 0.15) is 0 Å². The topological polar surface area (TPSA) is 40.5 Å². The molecule has 0 aromatic carbocycles. The standard InChI is InChI=1S/C14H32O2Si2/c1-4-5-6-10-13-17(2,15)18(3,16)14-11-8-7-9-12-14/h14-16H,4-13H2,1-3H3. The number of unbranched alkanes of at least 4 members (excludes halogenated alkanes) is 3. The van der Waals surface area contributed by atoms with Gasteiger partial charge in [0.05, 0.1) is 0 Å². The summed E-state index contributed by atoms with van der Waals surface area (Å²) < 4.78 is 0. The predicted octanol–water partition coefficient (Wildman–Crippen LogP) is 4.11. The quantitative estimate of drug-likeness (QED) is 0.546. The van der Waals surface area contributed by atoms with Crippen molar-refractivity contribution in [1.82, 2.24) is 0 Å². The maximum Gasteiger partial charge on any atom is 0.206 e. The molecule has 0 saturated heterocycles. The molecule has 2 atom stereocenters. The molecule has 1 aliphatic carbocycles. The van der Waals surface area contributed by atoms with Crippen LogP contribution in [0.4, 0.5) is 0 Å². The van der Waals surface area contributed by atoms with Crippen LogP contribution in [0.15, 0.2) is 0 Å². The Hall–Kier alpha value is 0.354. The SMILES string of the molecule is CCCCCC[Si](C)(O)[Si](C)(O)C1CCCCC1. The van der Waals surface area contributed by atoms with E-state index in [0.717, 1.165) is 25.3 Å². The van der Waals surface area contributed by atoms with Gasteiger partial charge >= 0.3 is 0 Å². The van der Waals surface area contributed by atoms with Gasteiger partial charge in [-0.15, -0.1) is 0 Å². The molecular weight excluding hydrogens is 256 g/mol. The van der Waals surface area contributed by atoms with Crippen LogP contribution in [0.2, 0.25) is 24.7 Å². The third kappa shape index (κ3) is 4.18. The van der Waals surface area contributed by atoms with E-state index in [4.69, 9.17) is 0 Å². The molecule has 18 heavy (non-hydrogen) atoms. The monoisotopic (exact) mass is 288 g/mol. The van der Waals surface area contributed by atoms with Crippen molar-refractivity contribution in [1.29, 1.82) is 0 Å². The predicted molar refractivity (Wildman–Crippen MR) is 83.5 cm³/mol. The molecule has 1 saturated carbocycles. The summed E-state index contributed by atoms with van der Waals surface area (Å²) >= 11 is 0. The van der Waals surface area contributed by atoms with E-state index in [1.807, 2.05) is 6.55 Å². The first-order valence-corrected chi connectivity index (χ1v) is 14.0. The highest BCUT2D eigenvalue weighted by Crippen LogP contribution is 2.40. The second-order valence-electron chi connectivity index (χ2n) is 6.57. The second kappa shape index (κ2) is 7.22. The molecule has 1 rings (SSSR count). The van der Waals surface area contributed by atoms with E-state index in [1.165, 1.54) is 38.5 Å². The number of hydrogen-bond acceptors (Lipinski definition) is 2. The molecule has 2 unspecified atom stereocenters. The molecule has 0 heterocycles. The van der Waals surface area contributed by atoms with E-state index >= 15 is 0 Å². The third-order valence-electron chi connectivity index (χ3n) is 5.01. The molecule has 0 bridgehead atoms. The average molecular weight is 289 g/mol. The largest absolute Gasteiger partial charge is 0.432 e. The third-order valence-corrected chi connectivity index (χ3v) is 19.2. The van der Waals surface area contributed by atoms with Gasteiger partial charge in [-0.05, 0) is 24.7 Å². The Morgan fingerprint density at radius 3 is 2.11 bits per heavy atom. The summed E-state index contributed by atoms with van der Waals surface area (Å²) in [6, 6.07) is 0.919. The maximum absolute atomic E-state index is 11.0. The first-order chi connectivity index (χ1) is 8.42. The van der Waals surface area contributed by atoms with E-state index in [-0.39, 0.29) is 0 Å². The van der Waals surface area contributed by atoms with Crippen molar-refractivity contribution in [3.63, 3.8) is 0 Å². The van der Waals surface area contributed by atoms with Crippen molar-refractivity contribution >= 4 is 15.7 Å². The van der Waals surface area contributed by atoms with Crippen LogP contribution in [-0.4, -0.2) is 25.3 Å². The van der Waals surface area contributed by atoms with Crippen molar-refractivity contribution < 1.29 is 9.59 Å². The Balaban J connectivity index is 2.51. The number of rotatable bonds is 7. The smallest absolute Gasteiger partial charge is 0.206 e. The van der Waals surface area contributed by atoms with Crippen LogP contribution in [0.5, 0.6) is 0 Å². The van der Waals surface area contributed by atoms with Gasteiger partial charge in [-0.1, -0.05) is 64.7 Å². The van der Waals surface area contributed by atoms with Crippen LogP contribution in [0.25, 0.3) is 0 Å². The summed E-state index contributed by atoms with van der Waals surface area (Å²) in [4.78, 5) is 21.8. The zero-order chi connectivity index (χ0) is 13.6. The normalized spacial score (nSPS) is 24.5. The van der Waals surface area contributed by atoms with Crippen LogP contribution >= 0.6 is 0 Å². The summed E-state index contributed by atoms with van der Waals surface area (Å²) in [5, 5.41) is 0. The average Bonchev–Trinajstić information content (AvgIpc) is 2.35. The van der Waals surface area contributed by atoms with Crippen LogP contribution in [0.1, 0.15) is 64.7 Å². The van der Waals surface area contributed by atoms with Crippen molar-refractivity contribution in [3.8, 4) is 0 Å². The molecule has 0 amide bonds. The molecule has 2 N–H and O–H groups in total. The van der Waals surface area contributed by atoms with Gasteiger partial charge in [0.25, 0.3) is 0 Å². The Labute approximate surface area is 115 Å². The fraction of sp³-hybridized carbons (Fsp3) is 1.00. The van der Waals surface area contributed by atoms with Crippen LogP contribution in [0, 0.1) is 0 Å². The maximum atomic E-state index is 11.0. The molecular formula is C14H32O2Si2.